The Kier molecular flexibility index (Phi) is 8.53. The Hall–Kier alpha value is -2.83. The van der Waals surface area contributed by atoms with Gasteiger partial charge in [0.15, 0.2) is 0 Å². The number of sulfonamides is 2. The average molecular weight is 598 g/mol. The van der Waals surface area contributed by atoms with E-state index in [0.29, 0.717) is 21.4 Å². The van der Waals surface area contributed by atoms with Crippen LogP contribution < -0.4 is 19.7 Å². The molecule has 0 unspecified atom stereocenters. The van der Waals surface area contributed by atoms with Crippen LogP contribution in [0.25, 0.3) is 0 Å². The van der Waals surface area contributed by atoms with Crippen LogP contribution in [0.15, 0.2) is 76.5 Å². The van der Waals surface area contributed by atoms with Gasteiger partial charge >= 0.3 is 0 Å². The number of hydrogen-bond acceptors (Lipinski definition) is 6. The van der Waals surface area contributed by atoms with E-state index in [1.54, 1.807) is 18.2 Å². The standard InChI is InChI=1S/C25H26Cl2N4O5S2/c1-17(29-37(33,34)21-10-6-19(27)7-11-21)25(32)28-23-16-22(12-13-24(23)31-14-2-3-15-31)38(35,36)30-20-8-4-18(26)5-9-20/h4-13,16-17,29-30H,2-3,14-15H2,1H3,(H,28,32)/t17-/m1/s1. The summed E-state index contributed by atoms with van der Waals surface area (Å²) in [7, 11) is -8.00. The average Bonchev–Trinajstić information content (AvgIpc) is 3.40. The molecular formula is C25H26Cl2N4O5S2. The van der Waals surface area contributed by atoms with Crippen LogP contribution in [0, 0.1) is 0 Å². The van der Waals surface area contributed by atoms with E-state index in [4.69, 9.17) is 23.2 Å². The minimum absolute atomic E-state index is 0.0410. The first-order valence-corrected chi connectivity index (χ1v) is 15.4. The topological polar surface area (TPSA) is 125 Å². The van der Waals surface area contributed by atoms with Crippen molar-refractivity contribution in [3.05, 3.63) is 76.8 Å². The lowest BCUT2D eigenvalue weighted by molar-refractivity contribution is -0.117. The summed E-state index contributed by atoms with van der Waals surface area (Å²) in [6, 6.07) is 15.1. The zero-order valence-electron chi connectivity index (χ0n) is 20.3. The van der Waals surface area contributed by atoms with E-state index in [-0.39, 0.29) is 15.5 Å². The molecule has 202 valence electrons. The monoisotopic (exact) mass is 596 g/mol. The molecule has 3 aromatic rings. The normalized spacial score (nSPS) is 14.8. The Labute approximate surface area is 232 Å². The van der Waals surface area contributed by atoms with E-state index in [0.717, 1.165) is 25.9 Å². The zero-order chi connectivity index (χ0) is 27.5. The summed E-state index contributed by atoms with van der Waals surface area (Å²) in [5.74, 6) is -0.650. The fraction of sp³-hybridized carbons (Fsp3) is 0.240. The quantitative estimate of drug-likeness (QED) is 0.329. The van der Waals surface area contributed by atoms with Gasteiger partial charge in [-0.25, -0.2) is 16.8 Å². The van der Waals surface area contributed by atoms with E-state index in [1.165, 1.54) is 55.5 Å². The van der Waals surface area contributed by atoms with Crippen molar-refractivity contribution in [2.45, 2.75) is 35.6 Å². The van der Waals surface area contributed by atoms with Crippen LogP contribution >= 0.6 is 23.2 Å². The van der Waals surface area contributed by atoms with Crippen LogP contribution in [0.2, 0.25) is 10.0 Å². The number of rotatable bonds is 9. The smallest absolute Gasteiger partial charge is 0.261 e. The Morgan fingerprint density at radius 3 is 1.97 bits per heavy atom. The number of carbonyl (C=O) groups is 1. The summed E-state index contributed by atoms with van der Waals surface area (Å²) in [5, 5.41) is 3.56. The van der Waals surface area contributed by atoms with Gasteiger partial charge in [0.1, 0.15) is 0 Å². The van der Waals surface area contributed by atoms with Crippen molar-refractivity contribution in [2.75, 3.05) is 28.0 Å². The highest BCUT2D eigenvalue weighted by Crippen LogP contribution is 2.32. The van der Waals surface area contributed by atoms with Crippen molar-refractivity contribution in [3.63, 3.8) is 0 Å². The molecular weight excluding hydrogens is 571 g/mol. The third-order valence-corrected chi connectivity index (χ3v) is 9.37. The summed E-state index contributed by atoms with van der Waals surface area (Å²) in [6.45, 7) is 2.90. The maximum absolute atomic E-state index is 13.1. The lowest BCUT2D eigenvalue weighted by atomic mass is 10.2. The predicted molar refractivity (Wildman–Crippen MR) is 150 cm³/mol. The summed E-state index contributed by atoms with van der Waals surface area (Å²) in [4.78, 5) is 15.0. The highest BCUT2D eigenvalue weighted by atomic mass is 35.5. The maximum Gasteiger partial charge on any atom is 0.261 e. The highest BCUT2D eigenvalue weighted by Gasteiger charge is 2.25. The van der Waals surface area contributed by atoms with Crippen molar-refractivity contribution >= 4 is 66.2 Å². The van der Waals surface area contributed by atoms with Crippen LogP contribution in [0.1, 0.15) is 19.8 Å². The number of hydrogen-bond donors (Lipinski definition) is 3. The Balaban J connectivity index is 1.58. The minimum Gasteiger partial charge on any atom is -0.370 e. The van der Waals surface area contributed by atoms with Gasteiger partial charge in [0.2, 0.25) is 15.9 Å². The number of anilines is 3. The summed E-state index contributed by atoms with van der Waals surface area (Å²) in [6.07, 6.45) is 1.92. The molecule has 3 N–H and O–H groups in total. The Morgan fingerprint density at radius 2 is 1.37 bits per heavy atom. The predicted octanol–water partition coefficient (Wildman–Crippen LogP) is 4.70. The SMILES string of the molecule is C[C@@H](NS(=O)(=O)c1ccc(Cl)cc1)C(=O)Nc1cc(S(=O)(=O)Nc2ccc(Cl)cc2)ccc1N1CCCC1. The molecule has 1 aliphatic heterocycles. The number of halogens is 2. The third kappa shape index (κ3) is 6.78. The summed E-state index contributed by atoms with van der Waals surface area (Å²) < 4.78 is 56.5. The molecule has 0 aromatic heterocycles. The number of benzene rings is 3. The van der Waals surface area contributed by atoms with Gasteiger partial charge in [0.05, 0.1) is 27.2 Å². The third-order valence-electron chi connectivity index (χ3n) is 5.93. The van der Waals surface area contributed by atoms with E-state index in [2.05, 4.69) is 14.8 Å². The second-order valence-corrected chi connectivity index (χ2v) is 13.0. The minimum atomic E-state index is -4.00. The molecule has 38 heavy (non-hydrogen) atoms. The number of carbonyl (C=O) groups excluding carboxylic acids is 1. The van der Waals surface area contributed by atoms with Crippen LogP contribution in [0.4, 0.5) is 17.1 Å². The summed E-state index contributed by atoms with van der Waals surface area (Å²) >= 11 is 11.7. The van der Waals surface area contributed by atoms with Crippen molar-refractivity contribution in [1.29, 1.82) is 0 Å². The molecule has 1 aliphatic rings. The van der Waals surface area contributed by atoms with Crippen LogP contribution in [0.3, 0.4) is 0 Å². The molecule has 4 rings (SSSR count). The van der Waals surface area contributed by atoms with Crippen molar-refractivity contribution in [1.82, 2.24) is 4.72 Å². The van der Waals surface area contributed by atoms with Gasteiger partial charge in [-0.2, -0.15) is 4.72 Å². The van der Waals surface area contributed by atoms with Gasteiger partial charge in [-0.3, -0.25) is 9.52 Å². The van der Waals surface area contributed by atoms with E-state index < -0.39 is 32.0 Å². The first-order chi connectivity index (χ1) is 17.9. The molecule has 9 nitrogen and oxygen atoms in total. The first-order valence-electron chi connectivity index (χ1n) is 11.7. The second-order valence-electron chi connectivity index (χ2n) is 8.77. The second kappa shape index (κ2) is 11.5. The molecule has 0 radical (unpaired) electrons. The Bertz CT molecular complexity index is 1520. The summed E-state index contributed by atoms with van der Waals surface area (Å²) in [5.41, 5.74) is 1.23. The molecule has 0 aliphatic carbocycles. The Morgan fingerprint density at radius 1 is 0.816 bits per heavy atom. The molecule has 13 heteroatoms. The van der Waals surface area contributed by atoms with Gasteiger partial charge in [-0.05, 0) is 86.5 Å². The highest BCUT2D eigenvalue weighted by molar-refractivity contribution is 7.92. The molecule has 0 spiro atoms. The van der Waals surface area contributed by atoms with E-state index >= 15 is 0 Å². The molecule has 1 heterocycles. The molecule has 0 saturated carbocycles. The lowest BCUT2D eigenvalue weighted by Gasteiger charge is -2.23. The molecule has 1 atom stereocenters. The van der Waals surface area contributed by atoms with Gasteiger partial charge in [-0.1, -0.05) is 23.2 Å². The van der Waals surface area contributed by atoms with Gasteiger partial charge in [0, 0.05) is 28.8 Å². The first kappa shape index (κ1) is 28.2. The fourth-order valence-corrected chi connectivity index (χ4v) is 6.50. The van der Waals surface area contributed by atoms with Gasteiger partial charge < -0.3 is 10.2 Å². The van der Waals surface area contributed by atoms with Crippen LogP contribution in [0.5, 0.6) is 0 Å². The molecule has 3 aromatic carbocycles. The molecule has 1 fully saturated rings. The molecule has 0 bridgehead atoms. The van der Waals surface area contributed by atoms with Crippen molar-refractivity contribution < 1.29 is 21.6 Å². The largest absolute Gasteiger partial charge is 0.370 e. The van der Waals surface area contributed by atoms with Crippen LogP contribution in [-0.2, 0) is 24.8 Å². The lowest BCUT2D eigenvalue weighted by Crippen LogP contribution is -2.41. The zero-order valence-corrected chi connectivity index (χ0v) is 23.5. The van der Waals surface area contributed by atoms with Crippen LogP contribution in [-0.4, -0.2) is 41.9 Å². The fourth-order valence-electron chi connectivity index (χ4n) is 3.96. The van der Waals surface area contributed by atoms with Crippen molar-refractivity contribution in [2.24, 2.45) is 0 Å². The number of amides is 1. The maximum atomic E-state index is 13.1. The number of nitrogens with zero attached hydrogens (tertiary/aromatic N) is 1. The van der Waals surface area contributed by atoms with Gasteiger partial charge in [0.25, 0.3) is 10.0 Å². The number of nitrogens with one attached hydrogen (secondary N) is 3. The van der Waals surface area contributed by atoms with Gasteiger partial charge in [-0.15, -0.1) is 0 Å². The van der Waals surface area contributed by atoms with Crippen molar-refractivity contribution in [3.8, 4) is 0 Å². The molecule has 1 saturated heterocycles. The molecule has 1 amide bonds. The van der Waals surface area contributed by atoms with E-state index in [9.17, 15) is 21.6 Å². The van der Waals surface area contributed by atoms with E-state index in [1.807, 2.05) is 4.90 Å².